The van der Waals surface area contributed by atoms with Crippen LogP contribution in [0.4, 0.5) is 5.82 Å². The first kappa shape index (κ1) is 16.3. The Morgan fingerprint density at radius 1 is 1.35 bits per heavy atom. The largest absolute Gasteiger partial charge is 0.381 e. The van der Waals surface area contributed by atoms with E-state index in [4.69, 9.17) is 9.47 Å². The molecule has 6 nitrogen and oxygen atoms in total. The van der Waals surface area contributed by atoms with E-state index in [1.54, 1.807) is 18.4 Å². The third kappa shape index (κ3) is 4.04. The predicted molar refractivity (Wildman–Crippen MR) is 89.8 cm³/mol. The molecule has 3 rings (SSSR count). The van der Waals surface area contributed by atoms with E-state index in [9.17, 15) is 0 Å². The van der Waals surface area contributed by atoms with Crippen LogP contribution >= 0.6 is 11.3 Å². The zero-order chi connectivity index (χ0) is 16.2. The third-order valence-corrected chi connectivity index (χ3v) is 4.98. The molecule has 0 bridgehead atoms. The van der Waals surface area contributed by atoms with Crippen LogP contribution in [0.5, 0.6) is 0 Å². The summed E-state index contributed by atoms with van der Waals surface area (Å²) in [6.07, 6.45) is 1.01. The summed E-state index contributed by atoms with van der Waals surface area (Å²) in [6, 6.07) is 2.02. The van der Waals surface area contributed by atoms with E-state index >= 15 is 0 Å². The highest BCUT2D eigenvalue weighted by Crippen LogP contribution is 2.25. The first-order valence-electron chi connectivity index (χ1n) is 7.77. The van der Waals surface area contributed by atoms with Crippen molar-refractivity contribution in [3.8, 4) is 0 Å². The number of nitrogens with zero attached hydrogens (tertiary/aromatic N) is 3. The van der Waals surface area contributed by atoms with Gasteiger partial charge in [0, 0.05) is 30.6 Å². The molecule has 3 heterocycles. The second kappa shape index (κ2) is 7.33. The number of ether oxygens (including phenoxy) is 2. The molecule has 1 saturated heterocycles. The molecule has 1 aliphatic heterocycles. The normalized spacial score (nSPS) is 17.6. The molecule has 0 saturated carbocycles. The molecule has 0 aromatic carbocycles. The highest BCUT2D eigenvalue weighted by molar-refractivity contribution is 7.11. The van der Waals surface area contributed by atoms with Crippen LogP contribution in [0, 0.1) is 13.8 Å². The van der Waals surface area contributed by atoms with Crippen molar-refractivity contribution in [2.45, 2.75) is 39.3 Å². The minimum Gasteiger partial charge on any atom is -0.381 e. The highest BCUT2D eigenvalue weighted by Gasteiger charge is 2.20. The minimum atomic E-state index is 0.346. The van der Waals surface area contributed by atoms with Crippen molar-refractivity contribution in [1.82, 2.24) is 15.0 Å². The quantitative estimate of drug-likeness (QED) is 0.876. The summed E-state index contributed by atoms with van der Waals surface area (Å²) in [5, 5.41) is 4.43. The van der Waals surface area contributed by atoms with E-state index in [1.807, 2.05) is 13.0 Å². The van der Waals surface area contributed by atoms with Crippen molar-refractivity contribution in [2.24, 2.45) is 0 Å². The summed E-state index contributed by atoms with van der Waals surface area (Å²) in [5.41, 5.74) is 2.12. The first-order valence-corrected chi connectivity index (χ1v) is 8.58. The van der Waals surface area contributed by atoms with Crippen molar-refractivity contribution in [1.29, 1.82) is 0 Å². The van der Waals surface area contributed by atoms with Crippen LogP contribution in [0.2, 0.25) is 0 Å². The Balaban J connectivity index is 1.76. The van der Waals surface area contributed by atoms with Crippen molar-refractivity contribution in [3.63, 3.8) is 0 Å². The number of aromatic nitrogens is 3. The van der Waals surface area contributed by atoms with Crippen LogP contribution in [0.3, 0.4) is 0 Å². The van der Waals surface area contributed by atoms with Crippen LogP contribution in [0.1, 0.15) is 39.4 Å². The SMILES string of the molecule is COCc1nc(NCc2nc(C)c(C)s2)cc([C@@H]2CCOC2)n1. The summed E-state index contributed by atoms with van der Waals surface area (Å²) in [7, 11) is 1.66. The number of methoxy groups -OCH3 is 1. The van der Waals surface area contributed by atoms with Crippen LogP contribution in [0.15, 0.2) is 6.07 Å². The Bertz CT molecular complexity index is 649. The zero-order valence-corrected chi connectivity index (χ0v) is 14.6. The topological polar surface area (TPSA) is 69.2 Å². The van der Waals surface area contributed by atoms with Crippen molar-refractivity contribution < 1.29 is 9.47 Å². The number of thiazole rings is 1. The van der Waals surface area contributed by atoms with Gasteiger partial charge in [0.1, 0.15) is 17.4 Å². The smallest absolute Gasteiger partial charge is 0.156 e. The standard InChI is InChI=1S/C16H22N4O2S/c1-10-11(2)23-16(18-10)7-17-14-6-13(12-4-5-22-8-12)19-15(20-14)9-21-3/h6,12H,4-5,7-9H2,1-3H3,(H,17,19,20)/t12-/m1/s1. The Labute approximate surface area is 140 Å². The lowest BCUT2D eigenvalue weighted by Gasteiger charge is -2.12. The maximum absolute atomic E-state index is 5.48. The van der Waals surface area contributed by atoms with Gasteiger partial charge in [-0.25, -0.2) is 15.0 Å². The van der Waals surface area contributed by atoms with Crippen molar-refractivity contribution in [3.05, 3.63) is 33.2 Å². The Kier molecular flexibility index (Phi) is 5.20. The molecule has 2 aromatic heterocycles. The maximum Gasteiger partial charge on any atom is 0.156 e. The fourth-order valence-corrected chi connectivity index (χ4v) is 3.43. The molecule has 0 unspecified atom stereocenters. The number of nitrogens with one attached hydrogen (secondary N) is 1. The minimum absolute atomic E-state index is 0.346. The Morgan fingerprint density at radius 2 is 2.22 bits per heavy atom. The van der Waals surface area contributed by atoms with E-state index in [2.05, 4.69) is 27.2 Å². The van der Waals surface area contributed by atoms with Crippen molar-refractivity contribution >= 4 is 17.2 Å². The second-order valence-electron chi connectivity index (χ2n) is 5.69. The van der Waals surface area contributed by atoms with Crippen LogP contribution in [-0.2, 0) is 22.6 Å². The van der Waals surface area contributed by atoms with Crippen molar-refractivity contribution in [2.75, 3.05) is 25.6 Å². The van der Waals surface area contributed by atoms with Gasteiger partial charge in [0.15, 0.2) is 5.82 Å². The van der Waals surface area contributed by atoms with E-state index in [-0.39, 0.29) is 0 Å². The molecule has 1 N–H and O–H groups in total. The second-order valence-corrected chi connectivity index (χ2v) is 6.98. The van der Waals surface area contributed by atoms with Gasteiger partial charge < -0.3 is 14.8 Å². The summed E-state index contributed by atoms with van der Waals surface area (Å²) in [5.74, 6) is 1.86. The lowest BCUT2D eigenvalue weighted by Crippen LogP contribution is -2.10. The zero-order valence-electron chi connectivity index (χ0n) is 13.8. The average Bonchev–Trinajstić information content (AvgIpc) is 3.16. The van der Waals surface area contributed by atoms with E-state index in [1.165, 1.54) is 4.88 Å². The molecule has 1 fully saturated rings. The lowest BCUT2D eigenvalue weighted by molar-refractivity contribution is 0.177. The van der Waals surface area contributed by atoms with E-state index in [0.29, 0.717) is 24.9 Å². The first-order chi connectivity index (χ1) is 11.2. The molecule has 1 aliphatic rings. The van der Waals surface area contributed by atoms with Gasteiger partial charge in [0.25, 0.3) is 0 Å². The molecule has 7 heteroatoms. The summed E-state index contributed by atoms with van der Waals surface area (Å²) >= 11 is 1.72. The van der Waals surface area contributed by atoms with Crippen LogP contribution in [-0.4, -0.2) is 35.3 Å². The third-order valence-electron chi connectivity index (χ3n) is 3.91. The number of rotatable bonds is 6. The predicted octanol–water partition coefficient (Wildman–Crippen LogP) is 2.81. The van der Waals surface area contributed by atoms with Gasteiger partial charge in [-0.05, 0) is 20.3 Å². The molecule has 0 amide bonds. The molecule has 124 valence electrons. The van der Waals surface area contributed by atoms with E-state index in [0.717, 1.165) is 41.8 Å². The lowest BCUT2D eigenvalue weighted by atomic mass is 10.0. The van der Waals surface area contributed by atoms with Gasteiger partial charge in [-0.2, -0.15) is 0 Å². The molecule has 0 spiro atoms. The Morgan fingerprint density at radius 3 is 2.87 bits per heavy atom. The fourth-order valence-electron chi connectivity index (χ4n) is 2.56. The van der Waals surface area contributed by atoms with Gasteiger partial charge in [0.05, 0.1) is 24.5 Å². The number of aryl methyl sites for hydroxylation is 2. The van der Waals surface area contributed by atoms with Crippen LogP contribution < -0.4 is 5.32 Å². The van der Waals surface area contributed by atoms with Gasteiger partial charge in [0.2, 0.25) is 0 Å². The Hall–Kier alpha value is -1.57. The molecule has 0 radical (unpaired) electrons. The molecule has 23 heavy (non-hydrogen) atoms. The molecule has 2 aromatic rings. The summed E-state index contributed by atoms with van der Waals surface area (Å²) < 4.78 is 10.7. The average molecular weight is 334 g/mol. The molecular formula is C16H22N4O2S. The van der Waals surface area contributed by atoms with Gasteiger partial charge in [-0.3, -0.25) is 0 Å². The maximum atomic E-state index is 5.48. The van der Waals surface area contributed by atoms with Gasteiger partial charge >= 0.3 is 0 Å². The molecule has 1 atom stereocenters. The van der Waals surface area contributed by atoms with Crippen LogP contribution in [0.25, 0.3) is 0 Å². The van der Waals surface area contributed by atoms with E-state index < -0.39 is 0 Å². The van der Waals surface area contributed by atoms with Gasteiger partial charge in [-0.1, -0.05) is 0 Å². The number of hydrogen-bond acceptors (Lipinski definition) is 7. The summed E-state index contributed by atoms with van der Waals surface area (Å²) in [4.78, 5) is 14.9. The molecular weight excluding hydrogens is 312 g/mol. The van der Waals surface area contributed by atoms with Gasteiger partial charge in [-0.15, -0.1) is 11.3 Å². The molecule has 0 aliphatic carbocycles. The number of hydrogen-bond donors (Lipinski definition) is 1. The fraction of sp³-hybridized carbons (Fsp3) is 0.562. The highest BCUT2D eigenvalue weighted by atomic mass is 32.1. The summed E-state index contributed by atoms with van der Waals surface area (Å²) in [6.45, 7) is 6.74. The monoisotopic (exact) mass is 334 g/mol. The number of anilines is 1.